The van der Waals surface area contributed by atoms with Gasteiger partial charge in [0.05, 0.1) is 18.9 Å². The molecular weight excluding hydrogens is 342 g/mol. The van der Waals surface area contributed by atoms with Crippen molar-refractivity contribution in [3.63, 3.8) is 0 Å². The maximum Gasteiger partial charge on any atom is 0.223 e. The van der Waals surface area contributed by atoms with Gasteiger partial charge in [-0.1, -0.05) is 6.92 Å². The third-order valence-electron chi connectivity index (χ3n) is 4.15. The molecule has 0 aliphatic heterocycles. The Kier molecular flexibility index (Phi) is 8.11. The lowest BCUT2D eigenvalue weighted by Crippen LogP contribution is -2.35. The van der Waals surface area contributed by atoms with E-state index in [1.165, 1.54) is 6.92 Å². The molecule has 0 saturated heterocycles. The molecule has 0 radical (unpaired) electrons. The molecule has 154 valence electrons. The Morgan fingerprint density at radius 3 is 2.11 bits per heavy atom. The summed E-state index contributed by atoms with van der Waals surface area (Å²) >= 11 is 0. The minimum Gasteiger partial charge on any atom is -0.493 e. The fraction of sp³-hybridized carbons (Fsp3) is 0.667. The fourth-order valence-electron chi connectivity index (χ4n) is 2.73. The molecule has 1 atom stereocenters. The van der Waals surface area contributed by atoms with Gasteiger partial charge in [0.1, 0.15) is 11.5 Å². The van der Waals surface area contributed by atoms with E-state index in [9.17, 15) is 4.79 Å². The molecule has 1 aromatic carbocycles. The zero-order valence-electron chi connectivity index (χ0n) is 18.0. The topological polar surface area (TPSA) is 90.8 Å². The van der Waals surface area contributed by atoms with Crippen LogP contribution in [0.2, 0.25) is 0 Å². The Labute approximate surface area is 164 Å². The van der Waals surface area contributed by atoms with E-state index in [4.69, 9.17) is 20.9 Å². The third kappa shape index (κ3) is 9.63. The molecular formula is C21H37N3O3. The highest BCUT2D eigenvalue weighted by atomic mass is 16.5. The SMILES string of the molecule is CC(=O)N(C)c1cc(OCCC(C)(C)N)cc(OCC(C)CC(C)(C)N)c1. The van der Waals surface area contributed by atoms with E-state index >= 15 is 0 Å². The summed E-state index contributed by atoms with van der Waals surface area (Å²) in [5, 5.41) is 0. The standard InChI is InChI=1S/C21H37N3O3/c1-15(13-21(5,6)23)14-27-19-11-17(24(7)16(2)25)10-18(12-19)26-9-8-20(3,4)22/h10-12,15H,8-9,13-14,22-23H2,1-7H3. The molecule has 0 saturated carbocycles. The molecule has 1 aromatic rings. The molecule has 1 rings (SSSR count). The predicted molar refractivity (Wildman–Crippen MR) is 111 cm³/mol. The Bertz CT molecular complexity index is 618. The van der Waals surface area contributed by atoms with Crippen LogP contribution >= 0.6 is 0 Å². The Hall–Kier alpha value is -1.79. The van der Waals surface area contributed by atoms with Crippen molar-refractivity contribution in [1.82, 2.24) is 0 Å². The number of hydrogen-bond acceptors (Lipinski definition) is 5. The zero-order chi connectivity index (χ0) is 20.8. The first-order valence-corrected chi connectivity index (χ1v) is 9.49. The van der Waals surface area contributed by atoms with Crippen LogP contribution in [-0.4, -0.2) is 37.2 Å². The van der Waals surface area contributed by atoms with Crippen molar-refractivity contribution in [1.29, 1.82) is 0 Å². The lowest BCUT2D eigenvalue weighted by atomic mass is 9.93. The van der Waals surface area contributed by atoms with Gasteiger partial charge in [0, 0.05) is 43.2 Å². The summed E-state index contributed by atoms with van der Waals surface area (Å²) in [6.07, 6.45) is 1.58. The van der Waals surface area contributed by atoms with E-state index in [-0.39, 0.29) is 17.0 Å². The molecule has 0 fully saturated rings. The van der Waals surface area contributed by atoms with Gasteiger partial charge in [0.2, 0.25) is 5.91 Å². The van der Waals surface area contributed by atoms with E-state index in [1.54, 1.807) is 11.9 Å². The van der Waals surface area contributed by atoms with Crippen molar-refractivity contribution in [2.75, 3.05) is 25.2 Å². The number of nitrogens with zero attached hydrogens (tertiary/aromatic N) is 1. The van der Waals surface area contributed by atoms with Crippen molar-refractivity contribution >= 4 is 11.6 Å². The van der Waals surface area contributed by atoms with Crippen LogP contribution in [0.5, 0.6) is 11.5 Å². The second-order valence-electron chi connectivity index (χ2n) is 8.94. The summed E-state index contributed by atoms with van der Waals surface area (Å²) in [5.74, 6) is 1.58. The van der Waals surface area contributed by atoms with Gasteiger partial charge in [-0.25, -0.2) is 0 Å². The molecule has 0 spiro atoms. The molecule has 0 aliphatic carbocycles. The van der Waals surface area contributed by atoms with Crippen LogP contribution in [0.3, 0.4) is 0 Å². The Morgan fingerprint density at radius 2 is 1.63 bits per heavy atom. The quantitative estimate of drug-likeness (QED) is 0.651. The molecule has 6 heteroatoms. The third-order valence-corrected chi connectivity index (χ3v) is 4.15. The fourth-order valence-corrected chi connectivity index (χ4v) is 2.73. The van der Waals surface area contributed by atoms with E-state index in [0.29, 0.717) is 30.6 Å². The molecule has 27 heavy (non-hydrogen) atoms. The van der Waals surface area contributed by atoms with Crippen molar-refractivity contribution in [3.05, 3.63) is 18.2 Å². The van der Waals surface area contributed by atoms with Gasteiger partial charge in [-0.2, -0.15) is 0 Å². The summed E-state index contributed by atoms with van der Waals surface area (Å²) in [4.78, 5) is 13.3. The number of carbonyl (C=O) groups excluding carboxylic acids is 1. The average Bonchev–Trinajstić information content (AvgIpc) is 2.49. The van der Waals surface area contributed by atoms with Gasteiger partial charge in [-0.3, -0.25) is 4.79 Å². The minimum atomic E-state index is -0.294. The number of nitrogens with two attached hydrogens (primary N) is 2. The highest BCUT2D eigenvalue weighted by molar-refractivity contribution is 5.91. The summed E-state index contributed by atoms with van der Waals surface area (Å²) < 4.78 is 11.8. The molecule has 0 aromatic heterocycles. The number of anilines is 1. The monoisotopic (exact) mass is 379 g/mol. The molecule has 0 heterocycles. The lowest BCUT2D eigenvalue weighted by molar-refractivity contribution is -0.116. The van der Waals surface area contributed by atoms with Crippen LogP contribution in [0.1, 0.15) is 54.4 Å². The Morgan fingerprint density at radius 1 is 1.07 bits per heavy atom. The van der Waals surface area contributed by atoms with E-state index < -0.39 is 0 Å². The Balaban J connectivity index is 2.89. The van der Waals surface area contributed by atoms with Crippen LogP contribution < -0.4 is 25.8 Å². The number of benzene rings is 1. The van der Waals surface area contributed by atoms with Crippen LogP contribution in [0.25, 0.3) is 0 Å². The average molecular weight is 380 g/mol. The second kappa shape index (κ2) is 9.42. The number of ether oxygens (including phenoxy) is 2. The van der Waals surface area contributed by atoms with Crippen molar-refractivity contribution in [2.45, 2.75) is 65.5 Å². The summed E-state index contributed by atoms with van der Waals surface area (Å²) in [5.41, 5.74) is 12.3. The van der Waals surface area contributed by atoms with Crippen molar-refractivity contribution in [2.24, 2.45) is 17.4 Å². The molecule has 1 unspecified atom stereocenters. The number of carbonyl (C=O) groups is 1. The highest BCUT2D eigenvalue weighted by Gasteiger charge is 2.17. The van der Waals surface area contributed by atoms with Gasteiger partial charge in [0.25, 0.3) is 0 Å². The van der Waals surface area contributed by atoms with Crippen LogP contribution in [0.4, 0.5) is 5.69 Å². The van der Waals surface area contributed by atoms with Gasteiger partial charge >= 0.3 is 0 Å². The summed E-state index contributed by atoms with van der Waals surface area (Å²) in [6, 6.07) is 5.53. The molecule has 4 N–H and O–H groups in total. The summed E-state index contributed by atoms with van der Waals surface area (Å²) in [7, 11) is 1.73. The maximum absolute atomic E-state index is 11.7. The number of hydrogen-bond donors (Lipinski definition) is 2. The maximum atomic E-state index is 11.7. The lowest BCUT2D eigenvalue weighted by Gasteiger charge is -2.24. The van der Waals surface area contributed by atoms with Crippen molar-refractivity contribution in [3.8, 4) is 11.5 Å². The molecule has 0 bridgehead atoms. The first-order valence-electron chi connectivity index (χ1n) is 9.49. The molecule has 6 nitrogen and oxygen atoms in total. The van der Waals surface area contributed by atoms with E-state index in [0.717, 1.165) is 18.5 Å². The van der Waals surface area contributed by atoms with Crippen LogP contribution in [0.15, 0.2) is 18.2 Å². The first-order chi connectivity index (χ1) is 12.3. The van der Waals surface area contributed by atoms with Crippen LogP contribution in [-0.2, 0) is 4.79 Å². The van der Waals surface area contributed by atoms with Gasteiger partial charge in [0.15, 0.2) is 0 Å². The van der Waals surface area contributed by atoms with Gasteiger partial charge in [-0.05, 0) is 46.5 Å². The van der Waals surface area contributed by atoms with Gasteiger partial charge in [-0.15, -0.1) is 0 Å². The van der Waals surface area contributed by atoms with E-state index in [1.807, 2.05) is 45.9 Å². The largest absolute Gasteiger partial charge is 0.493 e. The number of rotatable bonds is 10. The zero-order valence-corrected chi connectivity index (χ0v) is 18.0. The normalized spacial score (nSPS) is 13.2. The molecule has 0 aliphatic rings. The van der Waals surface area contributed by atoms with Crippen LogP contribution in [0, 0.1) is 5.92 Å². The van der Waals surface area contributed by atoms with Crippen molar-refractivity contribution < 1.29 is 14.3 Å². The number of amides is 1. The predicted octanol–water partition coefficient (Wildman–Crippen LogP) is 3.32. The second-order valence-corrected chi connectivity index (χ2v) is 8.94. The van der Waals surface area contributed by atoms with E-state index in [2.05, 4.69) is 6.92 Å². The minimum absolute atomic E-state index is 0.0561. The van der Waals surface area contributed by atoms with Gasteiger partial charge < -0.3 is 25.8 Å². The molecule has 1 amide bonds. The highest BCUT2D eigenvalue weighted by Crippen LogP contribution is 2.29. The first kappa shape index (κ1) is 23.2. The smallest absolute Gasteiger partial charge is 0.223 e. The summed E-state index contributed by atoms with van der Waals surface area (Å²) in [6.45, 7) is 12.6.